The van der Waals surface area contributed by atoms with Gasteiger partial charge in [0.15, 0.2) is 0 Å². The number of carbonyl (C=O) groups excluding carboxylic acids is 1. The lowest BCUT2D eigenvalue weighted by Crippen LogP contribution is -2.65. The van der Waals surface area contributed by atoms with E-state index < -0.39 is 0 Å². The molecule has 4 aliphatic heterocycles. The number of piperidine rings is 4. The van der Waals surface area contributed by atoms with Gasteiger partial charge in [-0.2, -0.15) is 0 Å². The Bertz CT molecular complexity index is 354. The van der Waals surface area contributed by atoms with E-state index in [1.54, 1.807) is 0 Å². The molecule has 0 unspecified atom stereocenters. The quantitative estimate of drug-likeness (QED) is 0.653. The van der Waals surface area contributed by atoms with Gasteiger partial charge in [0.25, 0.3) is 0 Å². The average molecular weight is 248 g/mol. The van der Waals surface area contributed by atoms with Crippen LogP contribution in [0.4, 0.5) is 0 Å². The maximum atomic E-state index is 12.7. The number of fused-ring (bicyclic) bond motifs is 6. The normalized spacial score (nSPS) is 44.4. The predicted molar refractivity (Wildman–Crippen MR) is 70.2 cm³/mol. The third kappa shape index (κ3) is 1.56. The molecular formula is C15H24N2O. The highest BCUT2D eigenvalue weighted by Crippen LogP contribution is 2.43. The summed E-state index contributed by atoms with van der Waals surface area (Å²) in [4.78, 5) is 17.7. The molecule has 0 aromatic carbocycles. The van der Waals surface area contributed by atoms with Gasteiger partial charge in [-0.15, -0.1) is 0 Å². The van der Waals surface area contributed by atoms with E-state index in [4.69, 9.17) is 0 Å². The van der Waals surface area contributed by atoms with Crippen molar-refractivity contribution in [3.8, 4) is 0 Å². The molecule has 0 spiro atoms. The Balaban J connectivity index is 1.63. The Morgan fingerprint density at radius 1 is 0.944 bits per heavy atom. The first-order valence-corrected chi connectivity index (χ1v) is 7.89. The van der Waals surface area contributed by atoms with Crippen LogP contribution in [0.1, 0.15) is 44.9 Å². The van der Waals surface area contributed by atoms with Gasteiger partial charge in [0, 0.05) is 25.2 Å². The van der Waals surface area contributed by atoms with Gasteiger partial charge in [0.05, 0.1) is 5.92 Å². The standard InChI is InChI=1S/C15H24N2O/c18-15-12-9-11(13-5-2-4-8-17(13)15)10-16-7-3-1-6-14(12)16/h11-14H,1-10H2/t11-,12+,13-,14+/m0/s1. The summed E-state index contributed by atoms with van der Waals surface area (Å²) in [6.45, 7) is 3.57. The number of hydrogen-bond donors (Lipinski definition) is 0. The SMILES string of the molecule is O=C1[C@@H]2C[C@@H](CN3CCCC[C@H]23)[C@@H]2CCCCN12. The van der Waals surface area contributed by atoms with E-state index in [9.17, 15) is 4.79 Å². The molecule has 4 atom stereocenters. The van der Waals surface area contributed by atoms with Gasteiger partial charge < -0.3 is 4.90 Å². The molecule has 100 valence electrons. The maximum absolute atomic E-state index is 12.7. The van der Waals surface area contributed by atoms with Crippen LogP contribution in [0.2, 0.25) is 0 Å². The summed E-state index contributed by atoms with van der Waals surface area (Å²) >= 11 is 0. The minimum absolute atomic E-state index is 0.346. The molecule has 3 nitrogen and oxygen atoms in total. The first-order valence-electron chi connectivity index (χ1n) is 7.89. The molecule has 0 saturated carbocycles. The van der Waals surface area contributed by atoms with E-state index in [-0.39, 0.29) is 0 Å². The lowest BCUT2D eigenvalue weighted by atomic mass is 9.70. The Labute approximate surface area is 110 Å². The van der Waals surface area contributed by atoms with Gasteiger partial charge in [-0.1, -0.05) is 6.42 Å². The Morgan fingerprint density at radius 3 is 2.61 bits per heavy atom. The summed E-state index contributed by atoms with van der Waals surface area (Å²) in [6.07, 6.45) is 8.97. The molecule has 18 heavy (non-hydrogen) atoms. The second-order valence-electron chi connectivity index (χ2n) is 6.76. The average Bonchev–Trinajstić information content (AvgIpc) is 2.44. The van der Waals surface area contributed by atoms with Crippen LogP contribution in [0.5, 0.6) is 0 Å². The molecule has 0 aromatic heterocycles. The molecule has 3 heteroatoms. The van der Waals surface area contributed by atoms with Crippen molar-refractivity contribution < 1.29 is 4.79 Å². The number of carbonyl (C=O) groups is 1. The summed E-state index contributed by atoms with van der Waals surface area (Å²) in [5.41, 5.74) is 0. The molecule has 1 amide bonds. The Morgan fingerprint density at radius 2 is 1.72 bits per heavy atom. The molecule has 4 heterocycles. The van der Waals surface area contributed by atoms with Crippen LogP contribution >= 0.6 is 0 Å². The molecule has 4 saturated heterocycles. The molecule has 4 aliphatic rings. The number of hydrogen-bond acceptors (Lipinski definition) is 2. The fourth-order valence-corrected chi connectivity index (χ4v) is 5.04. The second kappa shape index (κ2) is 4.22. The molecule has 0 radical (unpaired) electrons. The van der Waals surface area contributed by atoms with Crippen LogP contribution < -0.4 is 0 Å². The summed E-state index contributed by atoms with van der Waals surface area (Å²) in [5, 5.41) is 0. The second-order valence-corrected chi connectivity index (χ2v) is 6.76. The van der Waals surface area contributed by atoms with Crippen molar-refractivity contribution in [2.45, 2.75) is 57.0 Å². The Hall–Kier alpha value is -0.570. The van der Waals surface area contributed by atoms with Gasteiger partial charge in [0.1, 0.15) is 0 Å². The van der Waals surface area contributed by atoms with Gasteiger partial charge in [-0.3, -0.25) is 9.69 Å². The third-order valence-electron chi connectivity index (χ3n) is 5.85. The van der Waals surface area contributed by atoms with E-state index in [1.807, 2.05) is 0 Å². The van der Waals surface area contributed by atoms with Crippen LogP contribution in [0.15, 0.2) is 0 Å². The van der Waals surface area contributed by atoms with E-state index >= 15 is 0 Å². The summed E-state index contributed by atoms with van der Waals surface area (Å²) in [5.74, 6) is 1.63. The largest absolute Gasteiger partial charge is 0.339 e. The van der Waals surface area contributed by atoms with Gasteiger partial charge in [-0.25, -0.2) is 0 Å². The maximum Gasteiger partial charge on any atom is 0.227 e. The zero-order chi connectivity index (χ0) is 12.1. The van der Waals surface area contributed by atoms with Crippen molar-refractivity contribution >= 4 is 5.91 Å². The van der Waals surface area contributed by atoms with Crippen molar-refractivity contribution in [2.75, 3.05) is 19.6 Å². The van der Waals surface area contributed by atoms with E-state index in [0.717, 1.165) is 12.5 Å². The van der Waals surface area contributed by atoms with Crippen LogP contribution in [0, 0.1) is 11.8 Å². The van der Waals surface area contributed by atoms with Gasteiger partial charge >= 0.3 is 0 Å². The predicted octanol–water partition coefficient (Wildman–Crippen LogP) is 1.87. The van der Waals surface area contributed by atoms with Crippen molar-refractivity contribution in [3.05, 3.63) is 0 Å². The highest BCUT2D eigenvalue weighted by molar-refractivity contribution is 5.81. The van der Waals surface area contributed by atoms with Crippen LogP contribution in [-0.2, 0) is 4.79 Å². The topological polar surface area (TPSA) is 23.6 Å². The fourth-order valence-electron chi connectivity index (χ4n) is 5.04. The highest BCUT2D eigenvalue weighted by Gasteiger charge is 2.50. The zero-order valence-corrected chi connectivity index (χ0v) is 11.2. The molecule has 2 bridgehead atoms. The Kier molecular flexibility index (Phi) is 2.65. The minimum atomic E-state index is 0.346. The van der Waals surface area contributed by atoms with Gasteiger partial charge in [-0.05, 0) is 51.0 Å². The molecule has 4 fully saturated rings. The molecule has 0 N–H and O–H groups in total. The lowest BCUT2D eigenvalue weighted by molar-refractivity contribution is -0.158. The van der Waals surface area contributed by atoms with Crippen LogP contribution in [-0.4, -0.2) is 47.4 Å². The van der Waals surface area contributed by atoms with Crippen molar-refractivity contribution in [1.29, 1.82) is 0 Å². The molecule has 0 aromatic rings. The number of nitrogens with zero attached hydrogens (tertiary/aromatic N) is 2. The van der Waals surface area contributed by atoms with E-state index in [0.29, 0.717) is 23.9 Å². The zero-order valence-electron chi connectivity index (χ0n) is 11.2. The molecular weight excluding hydrogens is 224 g/mol. The number of amides is 1. The number of rotatable bonds is 0. The minimum Gasteiger partial charge on any atom is -0.339 e. The van der Waals surface area contributed by atoms with Crippen LogP contribution in [0.3, 0.4) is 0 Å². The first-order chi connectivity index (χ1) is 8.84. The molecule has 4 rings (SSSR count). The third-order valence-corrected chi connectivity index (χ3v) is 5.85. The smallest absolute Gasteiger partial charge is 0.227 e. The van der Waals surface area contributed by atoms with Gasteiger partial charge in [0.2, 0.25) is 5.91 Å². The summed E-state index contributed by atoms with van der Waals surface area (Å²) < 4.78 is 0. The van der Waals surface area contributed by atoms with Crippen molar-refractivity contribution in [3.63, 3.8) is 0 Å². The fraction of sp³-hybridized carbons (Fsp3) is 0.933. The van der Waals surface area contributed by atoms with E-state index in [1.165, 1.54) is 58.0 Å². The molecule has 0 aliphatic carbocycles. The van der Waals surface area contributed by atoms with Crippen LogP contribution in [0.25, 0.3) is 0 Å². The lowest BCUT2D eigenvalue weighted by Gasteiger charge is -2.56. The summed E-state index contributed by atoms with van der Waals surface area (Å²) in [6, 6.07) is 1.18. The monoisotopic (exact) mass is 248 g/mol. The van der Waals surface area contributed by atoms with Crippen molar-refractivity contribution in [1.82, 2.24) is 9.80 Å². The summed E-state index contributed by atoms with van der Waals surface area (Å²) in [7, 11) is 0. The first kappa shape index (κ1) is 11.3. The van der Waals surface area contributed by atoms with Crippen molar-refractivity contribution in [2.24, 2.45) is 11.8 Å². The van der Waals surface area contributed by atoms with E-state index in [2.05, 4.69) is 9.80 Å². The highest BCUT2D eigenvalue weighted by atomic mass is 16.2.